The summed E-state index contributed by atoms with van der Waals surface area (Å²) in [7, 11) is 0. The number of aromatic nitrogens is 4. The van der Waals surface area contributed by atoms with E-state index in [1.165, 1.54) is 0 Å². The van der Waals surface area contributed by atoms with E-state index in [2.05, 4.69) is 15.0 Å². The second kappa shape index (κ2) is 3.51. The zero-order chi connectivity index (χ0) is 9.97. The molecule has 0 unspecified atom stereocenters. The molecule has 0 fully saturated rings. The van der Waals surface area contributed by atoms with Crippen molar-refractivity contribution in [2.24, 2.45) is 0 Å². The van der Waals surface area contributed by atoms with Crippen molar-refractivity contribution in [2.75, 3.05) is 0 Å². The molecule has 2 heterocycles. The predicted octanol–water partition coefficient (Wildman–Crippen LogP) is -0.560. The minimum absolute atomic E-state index is 0.0728. The summed E-state index contributed by atoms with van der Waals surface area (Å²) in [5.41, 5.74) is 1.17. The number of rotatable bonds is 3. The molecule has 3 N–H and O–H groups in total. The van der Waals surface area contributed by atoms with Crippen molar-refractivity contribution >= 4 is 0 Å². The molecule has 74 valence electrons. The van der Waals surface area contributed by atoms with E-state index in [1.54, 1.807) is 23.3 Å². The lowest BCUT2D eigenvalue weighted by Crippen LogP contribution is -2.03. The first kappa shape index (κ1) is 8.76. The Morgan fingerprint density at radius 1 is 1.57 bits per heavy atom. The van der Waals surface area contributed by atoms with Crippen LogP contribution in [-0.2, 0) is 13.2 Å². The fourth-order valence-corrected chi connectivity index (χ4v) is 1.23. The second-order valence-corrected chi connectivity index (χ2v) is 2.96. The van der Waals surface area contributed by atoms with Crippen molar-refractivity contribution in [2.45, 2.75) is 13.2 Å². The third-order valence-corrected chi connectivity index (χ3v) is 1.85. The zero-order valence-corrected chi connectivity index (χ0v) is 7.40. The van der Waals surface area contributed by atoms with Crippen LogP contribution in [0.4, 0.5) is 0 Å². The lowest BCUT2D eigenvalue weighted by molar-refractivity contribution is 0.277. The number of hydrogen-bond donors (Lipinski definition) is 3. The van der Waals surface area contributed by atoms with E-state index in [-0.39, 0.29) is 12.3 Å². The van der Waals surface area contributed by atoms with Crippen molar-refractivity contribution in [3.63, 3.8) is 0 Å². The maximum Gasteiger partial charge on any atom is 0.323 e. The van der Waals surface area contributed by atoms with Gasteiger partial charge in [-0.15, -0.1) is 0 Å². The van der Waals surface area contributed by atoms with Gasteiger partial charge in [0.2, 0.25) is 0 Å². The van der Waals surface area contributed by atoms with Crippen LogP contribution >= 0.6 is 0 Å². The number of hydrogen-bond acceptors (Lipinski definition) is 3. The van der Waals surface area contributed by atoms with Crippen LogP contribution in [0.5, 0.6) is 0 Å². The number of aromatic amines is 2. The number of aliphatic hydroxyl groups excluding tert-OH is 1. The molecular formula is C8H10N4O2. The summed E-state index contributed by atoms with van der Waals surface area (Å²) in [6, 6.07) is 0. The number of nitrogens with one attached hydrogen (secondary N) is 2. The highest BCUT2D eigenvalue weighted by atomic mass is 16.3. The molecule has 0 aliphatic heterocycles. The molecule has 0 aliphatic rings. The maximum absolute atomic E-state index is 10.8. The summed E-state index contributed by atoms with van der Waals surface area (Å²) in [6.07, 6.45) is 4.95. The molecule has 0 bridgehead atoms. The molecule has 6 nitrogen and oxygen atoms in total. The highest BCUT2D eigenvalue weighted by molar-refractivity contribution is 5.00. The van der Waals surface area contributed by atoms with E-state index in [4.69, 9.17) is 5.11 Å². The normalized spacial score (nSPS) is 10.6. The van der Waals surface area contributed by atoms with E-state index < -0.39 is 0 Å². The molecule has 0 spiro atoms. The summed E-state index contributed by atoms with van der Waals surface area (Å²) in [4.78, 5) is 19.9. The van der Waals surface area contributed by atoms with Gasteiger partial charge >= 0.3 is 5.69 Å². The Labute approximate surface area is 79.2 Å². The first-order valence-electron chi connectivity index (χ1n) is 4.16. The van der Waals surface area contributed by atoms with Crippen molar-refractivity contribution in [3.05, 3.63) is 40.6 Å². The summed E-state index contributed by atoms with van der Waals surface area (Å²) in [5, 5.41) is 8.78. The first-order chi connectivity index (χ1) is 6.78. The quantitative estimate of drug-likeness (QED) is 0.612. The summed E-state index contributed by atoms with van der Waals surface area (Å²) >= 11 is 0. The highest BCUT2D eigenvalue weighted by Crippen LogP contribution is 1.99. The van der Waals surface area contributed by atoms with E-state index in [0.29, 0.717) is 12.2 Å². The van der Waals surface area contributed by atoms with Gasteiger partial charge in [-0.2, -0.15) is 0 Å². The van der Waals surface area contributed by atoms with Crippen LogP contribution in [0.15, 0.2) is 23.5 Å². The van der Waals surface area contributed by atoms with Gasteiger partial charge in [-0.05, 0) is 0 Å². The molecule has 2 rings (SSSR count). The molecule has 2 aromatic rings. The molecule has 0 aliphatic carbocycles. The third kappa shape index (κ3) is 1.74. The van der Waals surface area contributed by atoms with Crippen molar-refractivity contribution in [3.8, 4) is 0 Å². The van der Waals surface area contributed by atoms with Gasteiger partial charge in [-0.1, -0.05) is 0 Å². The van der Waals surface area contributed by atoms with Gasteiger partial charge in [0.1, 0.15) is 0 Å². The monoisotopic (exact) mass is 194 g/mol. The van der Waals surface area contributed by atoms with Gasteiger partial charge in [0.25, 0.3) is 0 Å². The van der Waals surface area contributed by atoms with Gasteiger partial charge in [0.15, 0.2) is 0 Å². The average Bonchev–Trinajstić information content (AvgIpc) is 2.76. The minimum Gasteiger partial charge on any atom is -0.390 e. The second-order valence-electron chi connectivity index (χ2n) is 2.96. The summed E-state index contributed by atoms with van der Waals surface area (Å²) in [5.74, 6) is 0. The van der Waals surface area contributed by atoms with Crippen LogP contribution < -0.4 is 5.69 Å². The summed E-state index contributed by atoms with van der Waals surface area (Å²) in [6.45, 7) is 0.461. The molecule has 0 radical (unpaired) electrons. The Morgan fingerprint density at radius 3 is 3.00 bits per heavy atom. The van der Waals surface area contributed by atoms with Gasteiger partial charge in [-0.25, -0.2) is 9.78 Å². The zero-order valence-electron chi connectivity index (χ0n) is 7.40. The minimum atomic E-state index is -0.220. The van der Waals surface area contributed by atoms with Crippen molar-refractivity contribution in [1.82, 2.24) is 19.5 Å². The van der Waals surface area contributed by atoms with E-state index in [0.717, 1.165) is 5.69 Å². The van der Waals surface area contributed by atoms with Crippen LogP contribution in [0.25, 0.3) is 0 Å². The van der Waals surface area contributed by atoms with Gasteiger partial charge in [0.05, 0.1) is 30.9 Å². The van der Waals surface area contributed by atoms with Gasteiger partial charge in [-0.3, -0.25) is 0 Å². The largest absolute Gasteiger partial charge is 0.390 e. The van der Waals surface area contributed by atoms with Crippen molar-refractivity contribution in [1.29, 1.82) is 0 Å². The Bertz CT molecular complexity index is 467. The van der Waals surface area contributed by atoms with E-state index in [9.17, 15) is 4.79 Å². The lowest BCUT2D eigenvalue weighted by atomic mass is 10.4. The van der Waals surface area contributed by atoms with Gasteiger partial charge < -0.3 is 19.6 Å². The number of H-pyrrole nitrogens is 2. The standard InChI is InChI=1S/C8H10N4O2/c13-4-7-3-12(5-10-7)2-6-1-9-8(14)11-6/h1,3,5,13H,2,4H2,(H2,9,11,14). The maximum atomic E-state index is 10.8. The Morgan fingerprint density at radius 2 is 2.43 bits per heavy atom. The molecule has 2 aromatic heterocycles. The molecule has 0 amide bonds. The number of aliphatic hydroxyl groups is 1. The molecule has 0 atom stereocenters. The molecule has 14 heavy (non-hydrogen) atoms. The number of imidazole rings is 2. The fourth-order valence-electron chi connectivity index (χ4n) is 1.23. The Kier molecular flexibility index (Phi) is 2.19. The van der Waals surface area contributed by atoms with Crippen LogP contribution in [0.1, 0.15) is 11.4 Å². The SMILES string of the molecule is O=c1[nH]cc(Cn2cnc(CO)c2)[nH]1. The Hall–Kier alpha value is -1.82. The van der Waals surface area contributed by atoms with E-state index in [1.807, 2.05) is 0 Å². The van der Waals surface area contributed by atoms with Gasteiger partial charge in [0, 0.05) is 12.4 Å². The van der Waals surface area contributed by atoms with Crippen LogP contribution in [0.3, 0.4) is 0 Å². The molecular weight excluding hydrogens is 184 g/mol. The molecule has 0 saturated heterocycles. The number of nitrogens with zero attached hydrogens (tertiary/aromatic N) is 2. The van der Waals surface area contributed by atoms with Crippen LogP contribution in [0, 0.1) is 0 Å². The molecule has 0 saturated carbocycles. The first-order valence-corrected chi connectivity index (χ1v) is 4.16. The van der Waals surface area contributed by atoms with Crippen LogP contribution in [-0.4, -0.2) is 24.6 Å². The molecule has 6 heteroatoms. The van der Waals surface area contributed by atoms with E-state index >= 15 is 0 Å². The Balaban J connectivity index is 2.14. The topological polar surface area (TPSA) is 86.7 Å². The highest BCUT2D eigenvalue weighted by Gasteiger charge is 1.99. The predicted molar refractivity (Wildman–Crippen MR) is 48.7 cm³/mol. The average molecular weight is 194 g/mol. The summed E-state index contributed by atoms with van der Waals surface area (Å²) < 4.78 is 1.78. The molecule has 0 aromatic carbocycles. The fraction of sp³-hybridized carbons (Fsp3) is 0.250. The van der Waals surface area contributed by atoms with Crippen molar-refractivity contribution < 1.29 is 5.11 Å². The smallest absolute Gasteiger partial charge is 0.323 e. The van der Waals surface area contributed by atoms with Crippen LogP contribution in [0.2, 0.25) is 0 Å². The lowest BCUT2D eigenvalue weighted by Gasteiger charge is -1.96. The third-order valence-electron chi connectivity index (χ3n) is 1.85.